The number of carbonyl (C=O) groups is 2. The molecule has 6 heteroatoms. The van der Waals surface area contributed by atoms with Crippen molar-refractivity contribution in [1.82, 2.24) is 9.78 Å². The van der Waals surface area contributed by atoms with Gasteiger partial charge in [0.1, 0.15) is 5.82 Å². The highest BCUT2D eigenvalue weighted by molar-refractivity contribution is 5.92. The molecular formula is C23H25N3O3. The number of amides is 1. The monoisotopic (exact) mass is 391 g/mol. The lowest BCUT2D eigenvalue weighted by Crippen LogP contribution is -2.17. The molecule has 0 radical (unpaired) electrons. The minimum Gasteiger partial charge on any atom is -0.466 e. The highest BCUT2D eigenvalue weighted by Crippen LogP contribution is 2.26. The van der Waals surface area contributed by atoms with E-state index in [1.807, 2.05) is 68.4 Å². The number of aromatic nitrogens is 2. The maximum atomic E-state index is 12.4. The molecule has 29 heavy (non-hydrogen) atoms. The molecule has 0 bridgehead atoms. The summed E-state index contributed by atoms with van der Waals surface area (Å²) in [6, 6.07) is 17.8. The Hall–Kier alpha value is -3.41. The van der Waals surface area contributed by atoms with Crippen molar-refractivity contribution in [3.8, 4) is 16.9 Å². The lowest BCUT2D eigenvalue weighted by atomic mass is 10.1. The van der Waals surface area contributed by atoms with E-state index in [4.69, 9.17) is 9.84 Å². The van der Waals surface area contributed by atoms with Gasteiger partial charge in [-0.15, -0.1) is 0 Å². The molecule has 0 saturated heterocycles. The summed E-state index contributed by atoms with van der Waals surface area (Å²) in [4.78, 5) is 23.9. The Bertz CT molecular complexity index is 1010. The van der Waals surface area contributed by atoms with E-state index in [2.05, 4.69) is 5.32 Å². The van der Waals surface area contributed by atoms with Gasteiger partial charge in [0.05, 0.1) is 24.4 Å². The topological polar surface area (TPSA) is 73.2 Å². The number of para-hydroxylation sites is 1. The minimum absolute atomic E-state index is 0.0446. The fourth-order valence-electron chi connectivity index (χ4n) is 2.97. The fourth-order valence-corrected chi connectivity index (χ4v) is 2.97. The van der Waals surface area contributed by atoms with Crippen LogP contribution in [-0.4, -0.2) is 28.3 Å². The summed E-state index contributed by atoms with van der Waals surface area (Å²) in [5.41, 5.74) is 4.80. The number of benzene rings is 2. The van der Waals surface area contributed by atoms with Crippen molar-refractivity contribution in [2.45, 2.75) is 33.6 Å². The second kappa shape index (κ2) is 9.19. The van der Waals surface area contributed by atoms with Gasteiger partial charge in [0.15, 0.2) is 0 Å². The number of nitrogens with zero attached hydrogens (tertiary/aromatic N) is 2. The van der Waals surface area contributed by atoms with Crippen LogP contribution in [0.3, 0.4) is 0 Å². The molecule has 2 aromatic carbocycles. The Morgan fingerprint density at radius 2 is 1.76 bits per heavy atom. The first kappa shape index (κ1) is 20.3. The molecule has 1 N–H and O–H groups in total. The molecule has 3 rings (SSSR count). The third-order valence-corrected chi connectivity index (χ3v) is 4.53. The lowest BCUT2D eigenvalue weighted by molar-refractivity contribution is -0.144. The van der Waals surface area contributed by atoms with E-state index in [9.17, 15) is 9.59 Å². The van der Waals surface area contributed by atoms with Gasteiger partial charge in [0.2, 0.25) is 5.91 Å². The number of anilines is 1. The van der Waals surface area contributed by atoms with E-state index in [0.717, 1.165) is 22.5 Å². The third kappa shape index (κ3) is 5.10. The predicted octanol–water partition coefficient (Wildman–Crippen LogP) is 4.44. The molecule has 0 saturated carbocycles. The first-order chi connectivity index (χ1) is 14.0. The van der Waals surface area contributed by atoms with E-state index in [-0.39, 0.29) is 24.7 Å². The van der Waals surface area contributed by atoms with Crippen LogP contribution in [0.1, 0.15) is 30.9 Å². The van der Waals surface area contributed by atoms with Gasteiger partial charge in [0, 0.05) is 18.1 Å². The third-order valence-electron chi connectivity index (χ3n) is 4.53. The van der Waals surface area contributed by atoms with Crippen LogP contribution in [0, 0.1) is 13.8 Å². The number of nitrogens with one attached hydrogen (secondary N) is 1. The Morgan fingerprint density at radius 3 is 2.45 bits per heavy atom. The summed E-state index contributed by atoms with van der Waals surface area (Å²) in [6.07, 6.45) is 0.0979. The van der Waals surface area contributed by atoms with Crippen molar-refractivity contribution in [2.75, 3.05) is 11.9 Å². The SMILES string of the molecule is CCOC(=O)CCC(=O)Nc1cc(-c2ccc(C)cc2)nn1-c1ccccc1C. The zero-order chi connectivity index (χ0) is 20.8. The number of ether oxygens (including phenoxy) is 1. The molecule has 0 aliphatic rings. The summed E-state index contributed by atoms with van der Waals surface area (Å²) in [7, 11) is 0. The summed E-state index contributed by atoms with van der Waals surface area (Å²) in [6.45, 7) is 6.07. The van der Waals surface area contributed by atoms with Crippen LogP contribution < -0.4 is 5.32 Å². The van der Waals surface area contributed by atoms with Crippen LogP contribution in [0.5, 0.6) is 0 Å². The van der Waals surface area contributed by atoms with Crippen molar-refractivity contribution < 1.29 is 14.3 Å². The summed E-state index contributed by atoms with van der Waals surface area (Å²) < 4.78 is 6.62. The number of rotatable bonds is 7. The van der Waals surface area contributed by atoms with E-state index in [1.54, 1.807) is 11.6 Å². The van der Waals surface area contributed by atoms with Crippen LogP contribution >= 0.6 is 0 Å². The van der Waals surface area contributed by atoms with Gasteiger partial charge in [0.25, 0.3) is 0 Å². The summed E-state index contributed by atoms with van der Waals surface area (Å²) >= 11 is 0. The van der Waals surface area contributed by atoms with Gasteiger partial charge in [-0.2, -0.15) is 5.10 Å². The van der Waals surface area contributed by atoms with Gasteiger partial charge in [-0.1, -0.05) is 48.0 Å². The van der Waals surface area contributed by atoms with Crippen LogP contribution in [0.2, 0.25) is 0 Å². The Labute approximate surface area is 170 Å². The standard InChI is InChI=1S/C23H25N3O3/c1-4-29-23(28)14-13-22(27)24-21-15-19(18-11-9-16(2)10-12-18)25-26(21)20-8-6-5-7-17(20)3/h5-12,15H,4,13-14H2,1-3H3,(H,24,27). The number of hydrogen-bond donors (Lipinski definition) is 1. The van der Waals surface area contributed by atoms with Gasteiger partial charge >= 0.3 is 5.97 Å². The molecule has 0 aliphatic heterocycles. The van der Waals surface area contributed by atoms with E-state index in [1.165, 1.54) is 5.56 Å². The highest BCUT2D eigenvalue weighted by Gasteiger charge is 2.16. The minimum atomic E-state index is -0.379. The number of esters is 1. The molecule has 3 aromatic rings. The van der Waals surface area contributed by atoms with Crippen molar-refractivity contribution in [2.24, 2.45) is 0 Å². The van der Waals surface area contributed by atoms with Crippen molar-refractivity contribution >= 4 is 17.7 Å². The van der Waals surface area contributed by atoms with Crippen molar-refractivity contribution in [3.05, 3.63) is 65.7 Å². The molecule has 1 amide bonds. The van der Waals surface area contributed by atoms with Gasteiger partial charge < -0.3 is 10.1 Å². The van der Waals surface area contributed by atoms with Crippen molar-refractivity contribution in [3.63, 3.8) is 0 Å². The molecular weight excluding hydrogens is 366 g/mol. The molecule has 0 unspecified atom stereocenters. The van der Waals surface area contributed by atoms with Crippen LogP contribution in [0.25, 0.3) is 16.9 Å². The van der Waals surface area contributed by atoms with Gasteiger partial charge in [-0.3, -0.25) is 9.59 Å². The molecule has 0 aliphatic carbocycles. The molecule has 150 valence electrons. The zero-order valence-electron chi connectivity index (χ0n) is 16.9. The first-order valence-corrected chi connectivity index (χ1v) is 9.66. The molecule has 6 nitrogen and oxygen atoms in total. The van der Waals surface area contributed by atoms with Gasteiger partial charge in [-0.05, 0) is 32.4 Å². The Balaban J connectivity index is 1.90. The lowest BCUT2D eigenvalue weighted by Gasteiger charge is -2.11. The van der Waals surface area contributed by atoms with Crippen LogP contribution in [0.15, 0.2) is 54.6 Å². The van der Waals surface area contributed by atoms with E-state index < -0.39 is 0 Å². The molecule has 0 atom stereocenters. The normalized spacial score (nSPS) is 10.6. The molecule has 0 spiro atoms. The smallest absolute Gasteiger partial charge is 0.306 e. The second-order valence-corrected chi connectivity index (χ2v) is 6.83. The van der Waals surface area contributed by atoms with Crippen LogP contribution in [0.4, 0.5) is 5.82 Å². The average molecular weight is 391 g/mol. The first-order valence-electron chi connectivity index (χ1n) is 9.66. The van der Waals surface area contributed by atoms with E-state index in [0.29, 0.717) is 12.4 Å². The average Bonchev–Trinajstić information content (AvgIpc) is 3.11. The molecule has 0 fully saturated rings. The zero-order valence-corrected chi connectivity index (χ0v) is 16.9. The van der Waals surface area contributed by atoms with Crippen LogP contribution in [-0.2, 0) is 14.3 Å². The maximum absolute atomic E-state index is 12.4. The number of carbonyl (C=O) groups excluding carboxylic acids is 2. The quantitative estimate of drug-likeness (QED) is 0.605. The molecule has 1 aromatic heterocycles. The second-order valence-electron chi connectivity index (χ2n) is 6.83. The predicted molar refractivity (Wildman–Crippen MR) is 113 cm³/mol. The number of hydrogen-bond acceptors (Lipinski definition) is 4. The van der Waals surface area contributed by atoms with Crippen molar-refractivity contribution in [1.29, 1.82) is 0 Å². The largest absolute Gasteiger partial charge is 0.466 e. The molecule has 1 heterocycles. The van der Waals surface area contributed by atoms with E-state index >= 15 is 0 Å². The fraction of sp³-hybridized carbons (Fsp3) is 0.261. The summed E-state index contributed by atoms with van der Waals surface area (Å²) in [5.74, 6) is -0.0811. The Kier molecular flexibility index (Phi) is 6.44. The summed E-state index contributed by atoms with van der Waals surface area (Å²) in [5, 5.41) is 7.62. The maximum Gasteiger partial charge on any atom is 0.306 e. The highest BCUT2D eigenvalue weighted by atomic mass is 16.5. The van der Waals surface area contributed by atoms with Gasteiger partial charge in [-0.25, -0.2) is 4.68 Å². The Morgan fingerprint density at radius 1 is 1.03 bits per heavy atom. The number of aryl methyl sites for hydroxylation is 2.